The number of allylic oxidation sites excluding steroid dienone is 3. The van der Waals surface area contributed by atoms with E-state index in [1.165, 1.54) is 32.4 Å². The highest BCUT2D eigenvalue weighted by Gasteiger charge is 2.16. The van der Waals surface area contributed by atoms with Crippen molar-refractivity contribution in [1.82, 2.24) is 5.32 Å². The Balaban J connectivity index is 2.60. The Labute approximate surface area is 101 Å². The van der Waals surface area contributed by atoms with Crippen LogP contribution in [0, 0.1) is 11.8 Å². The molecule has 1 atom stereocenters. The van der Waals surface area contributed by atoms with Gasteiger partial charge >= 0.3 is 0 Å². The molecule has 0 aliphatic carbocycles. The zero-order chi connectivity index (χ0) is 11.8. The zero-order valence-corrected chi connectivity index (χ0v) is 11.1. The average molecular weight is 221 g/mol. The molecule has 1 saturated heterocycles. The van der Waals surface area contributed by atoms with Crippen molar-refractivity contribution >= 4 is 0 Å². The molecule has 1 heteroatoms. The maximum absolute atomic E-state index is 3.45. The van der Waals surface area contributed by atoms with Crippen LogP contribution in [0.2, 0.25) is 0 Å². The largest absolute Gasteiger partial charge is 0.316 e. The van der Waals surface area contributed by atoms with Crippen LogP contribution in [0.1, 0.15) is 46.5 Å². The van der Waals surface area contributed by atoms with E-state index in [0.717, 1.165) is 18.3 Å². The van der Waals surface area contributed by atoms with Gasteiger partial charge in [0.05, 0.1) is 0 Å². The van der Waals surface area contributed by atoms with Crippen LogP contribution in [-0.2, 0) is 0 Å². The fraction of sp³-hybridized carbons (Fsp3) is 0.733. The van der Waals surface area contributed by atoms with Gasteiger partial charge in [-0.15, -0.1) is 0 Å². The normalized spacial score (nSPS) is 22.5. The van der Waals surface area contributed by atoms with Gasteiger partial charge in [-0.3, -0.25) is 0 Å². The summed E-state index contributed by atoms with van der Waals surface area (Å²) >= 11 is 0. The third-order valence-electron chi connectivity index (χ3n) is 3.58. The van der Waals surface area contributed by atoms with E-state index >= 15 is 0 Å². The first kappa shape index (κ1) is 13.5. The summed E-state index contributed by atoms with van der Waals surface area (Å²) in [5.41, 5.74) is 1.56. The van der Waals surface area contributed by atoms with Crippen LogP contribution >= 0.6 is 0 Å². The Morgan fingerprint density at radius 2 is 2.06 bits per heavy atom. The Hall–Kier alpha value is -0.560. The molecule has 0 saturated carbocycles. The summed E-state index contributed by atoms with van der Waals surface area (Å²) < 4.78 is 0. The van der Waals surface area contributed by atoms with Gasteiger partial charge in [-0.2, -0.15) is 0 Å². The molecule has 1 nitrogen and oxygen atoms in total. The Kier molecular flexibility index (Phi) is 6.47. The third kappa shape index (κ3) is 4.13. The van der Waals surface area contributed by atoms with E-state index in [4.69, 9.17) is 0 Å². The summed E-state index contributed by atoms with van der Waals surface area (Å²) in [6.07, 6.45) is 12.2. The molecule has 1 heterocycles. The van der Waals surface area contributed by atoms with Gasteiger partial charge in [-0.05, 0) is 49.6 Å². The third-order valence-corrected chi connectivity index (χ3v) is 3.58. The molecule has 1 unspecified atom stereocenters. The van der Waals surface area contributed by atoms with Gasteiger partial charge in [0.1, 0.15) is 0 Å². The quantitative estimate of drug-likeness (QED) is 0.670. The number of hydrogen-bond donors (Lipinski definition) is 1. The molecule has 1 aliphatic rings. The van der Waals surface area contributed by atoms with Crippen LogP contribution in [0.4, 0.5) is 0 Å². The van der Waals surface area contributed by atoms with Crippen LogP contribution in [-0.4, -0.2) is 13.1 Å². The lowest BCUT2D eigenvalue weighted by Crippen LogP contribution is -2.10. The Morgan fingerprint density at radius 1 is 1.31 bits per heavy atom. The Morgan fingerprint density at radius 3 is 2.56 bits per heavy atom. The predicted molar refractivity (Wildman–Crippen MR) is 72.6 cm³/mol. The van der Waals surface area contributed by atoms with Gasteiger partial charge in [0.15, 0.2) is 0 Å². The second-order valence-corrected chi connectivity index (χ2v) is 4.74. The van der Waals surface area contributed by atoms with Gasteiger partial charge in [0.25, 0.3) is 0 Å². The van der Waals surface area contributed by atoms with Crippen LogP contribution < -0.4 is 5.32 Å². The molecule has 0 bridgehead atoms. The molecule has 0 radical (unpaired) electrons. The van der Waals surface area contributed by atoms with E-state index < -0.39 is 0 Å². The van der Waals surface area contributed by atoms with Crippen molar-refractivity contribution in [1.29, 1.82) is 0 Å². The molecule has 1 N–H and O–H groups in total. The lowest BCUT2D eigenvalue weighted by Gasteiger charge is -2.12. The topological polar surface area (TPSA) is 12.0 Å². The minimum Gasteiger partial charge on any atom is -0.316 e. The molecule has 92 valence electrons. The van der Waals surface area contributed by atoms with Crippen molar-refractivity contribution in [3.8, 4) is 0 Å². The SMILES string of the molecule is CC/C=C(/C=C\C(CC)CC)C1CCNC1. The average Bonchev–Trinajstić information content (AvgIpc) is 2.82. The summed E-state index contributed by atoms with van der Waals surface area (Å²) in [5.74, 6) is 1.51. The molecular formula is C15H27N. The zero-order valence-electron chi connectivity index (χ0n) is 11.1. The summed E-state index contributed by atoms with van der Waals surface area (Å²) in [7, 11) is 0. The first-order chi connectivity index (χ1) is 7.81. The van der Waals surface area contributed by atoms with Crippen LogP contribution in [0.25, 0.3) is 0 Å². The van der Waals surface area contributed by atoms with Crippen LogP contribution in [0.3, 0.4) is 0 Å². The molecule has 0 amide bonds. The summed E-state index contributed by atoms with van der Waals surface area (Å²) in [5, 5.41) is 3.45. The summed E-state index contributed by atoms with van der Waals surface area (Å²) in [6, 6.07) is 0. The van der Waals surface area contributed by atoms with Crippen molar-refractivity contribution in [2.75, 3.05) is 13.1 Å². The highest BCUT2D eigenvalue weighted by atomic mass is 14.9. The number of hydrogen-bond acceptors (Lipinski definition) is 1. The minimum absolute atomic E-state index is 0.755. The molecule has 0 aromatic rings. The lowest BCUT2D eigenvalue weighted by molar-refractivity contribution is 0.603. The van der Waals surface area contributed by atoms with E-state index in [0.29, 0.717) is 0 Å². The number of nitrogens with one attached hydrogen (secondary N) is 1. The summed E-state index contributed by atoms with van der Waals surface area (Å²) in [4.78, 5) is 0. The van der Waals surface area contributed by atoms with Crippen LogP contribution in [0.15, 0.2) is 23.8 Å². The van der Waals surface area contributed by atoms with E-state index in [1.807, 2.05) is 0 Å². The molecule has 1 rings (SSSR count). The standard InChI is InChI=1S/C15H27N/c1-4-7-14(15-10-11-16-12-15)9-8-13(5-2)6-3/h7-9,13,15-16H,4-6,10-12H2,1-3H3/b9-8-,14-7-. The maximum Gasteiger partial charge on any atom is 0.00205 e. The van der Waals surface area contributed by atoms with Gasteiger partial charge in [0.2, 0.25) is 0 Å². The lowest BCUT2D eigenvalue weighted by atomic mass is 9.94. The van der Waals surface area contributed by atoms with E-state index in [-0.39, 0.29) is 0 Å². The molecular weight excluding hydrogens is 194 g/mol. The molecule has 1 aliphatic heterocycles. The molecule has 0 spiro atoms. The molecule has 1 fully saturated rings. The van der Waals surface area contributed by atoms with Crippen molar-refractivity contribution in [3.05, 3.63) is 23.8 Å². The van der Waals surface area contributed by atoms with E-state index in [9.17, 15) is 0 Å². The van der Waals surface area contributed by atoms with Crippen LogP contribution in [0.5, 0.6) is 0 Å². The fourth-order valence-corrected chi connectivity index (χ4v) is 2.35. The smallest absolute Gasteiger partial charge is 0.00205 e. The monoisotopic (exact) mass is 221 g/mol. The van der Waals surface area contributed by atoms with Crippen molar-refractivity contribution in [3.63, 3.8) is 0 Å². The van der Waals surface area contributed by atoms with Gasteiger partial charge in [0, 0.05) is 6.54 Å². The van der Waals surface area contributed by atoms with Gasteiger partial charge in [-0.25, -0.2) is 0 Å². The highest BCUT2D eigenvalue weighted by Crippen LogP contribution is 2.21. The predicted octanol–water partition coefficient (Wildman–Crippen LogP) is 3.92. The van der Waals surface area contributed by atoms with Gasteiger partial charge < -0.3 is 5.32 Å². The second-order valence-electron chi connectivity index (χ2n) is 4.74. The van der Waals surface area contributed by atoms with Crippen molar-refractivity contribution in [2.45, 2.75) is 46.5 Å². The fourth-order valence-electron chi connectivity index (χ4n) is 2.35. The summed E-state index contributed by atoms with van der Waals surface area (Å²) in [6.45, 7) is 9.13. The molecule has 16 heavy (non-hydrogen) atoms. The maximum atomic E-state index is 3.45. The van der Waals surface area contributed by atoms with Crippen molar-refractivity contribution in [2.24, 2.45) is 11.8 Å². The minimum atomic E-state index is 0.755. The Bertz CT molecular complexity index is 230. The van der Waals surface area contributed by atoms with E-state index in [2.05, 4.69) is 44.3 Å². The molecule has 0 aromatic carbocycles. The first-order valence-corrected chi connectivity index (χ1v) is 6.90. The van der Waals surface area contributed by atoms with Crippen molar-refractivity contribution < 1.29 is 0 Å². The second kappa shape index (κ2) is 7.67. The van der Waals surface area contributed by atoms with Gasteiger partial charge in [-0.1, -0.05) is 39.0 Å². The first-order valence-electron chi connectivity index (χ1n) is 6.90. The van der Waals surface area contributed by atoms with E-state index in [1.54, 1.807) is 5.57 Å². The molecule has 0 aromatic heterocycles. The highest BCUT2D eigenvalue weighted by molar-refractivity contribution is 5.23. The number of rotatable bonds is 6.